The van der Waals surface area contributed by atoms with E-state index in [9.17, 15) is 18.0 Å². The lowest BCUT2D eigenvalue weighted by atomic mass is 10.1. The molecule has 1 aromatic carbocycles. The molecule has 2 N–H and O–H groups in total. The number of hydrogen-bond donors (Lipinski definition) is 1. The highest BCUT2D eigenvalue weighted by Crippen LogP contribution is 2.22. The van der Waals surface area contributed by atoms with Gasteiger partial charge in [0.25, 0.3) is 11.8 Å². The van der Waals surface area contributed by atoms with Crippen molar-refractivity contribution in [3.63, 3.8) is 0 Å². The Morgan fingerprint density at radius 3 is 2.05 bits per heavy atom. The molecule has 7 heteroatoms. The van der Waals surface area contributed by atoms with Gasteiger partial charge in [-0.1, -0.05) is 12.1 Å². The van der Waals surface area contributed by atoms with E-state index >= 15 is 0 Å². The van der Waals surface area contributed by atoms with Crippen LogP contribution >= 0.6 is 0 Å². The number of imide groups is 1. The van der Waals surface area contributed by atoms with E-state index in [0.29, 0.717) is 11.1 Å². The molecule has 1 aromatic rings. The number of rotatable bonds is 4. The van der Waals surface area contributed by atoms with E-state index in [1.165, 1.54) is 6.92 Å². The predicted molar refractivity (Wildman–Crippen MR) is 69.0 cm³/mol. The summed E-state index contributed by atoms with van der Waals surface area (Å²) in [7, 11) is -3.65. The number of benzene rings is 1. The van der Waals surface area contributed by atoms with Crippen molar-refractivity contribution in [2.75, 3.05) is 6.54 Å². The third kappa shape index (κ3) is 2.52. The second-order valence-corrected chi connectivity index (χ2v) is 6.48. The molecule has 0 aliphatic carbocycles. The van der Waals surface area contributed by atoms with Gasteiger partial charge in [0.1, 0.15) is 0 Å². The Kier molecular flexibility index (Phi) is 3.42. The van der Waals surface area contributed by atoms with Crippen LogP contribution in [0, 0.1) is 0 Å². The molecule has 2 rings (SSSR count). The molecule has 0 radical (unpaired) electrons. The smallest absolute Gasteiger partial charge is 0.261 e. The first-order chi connectivity index (χ1) is 8.82. The molecular weight excluding hydrogens is 268 g/mol. The molecule has 19 heavy (non-hydrogen) atoms. The highest BCUT2D eigenvalue weighted by molar-refractivity contribution is 7.89. The molecule has 2 amide bonds. The van der Waals surface area contributed by atoms with Crippen molar-refractivity contribution in [2.24, 2.45) is 5.14 Å². The molecule has 0 aromatic heterocycles. The zero-order valence-electron chi connectivity index (χ0n) is 10.4. The number of carbonyl (C=O) groups excluding carboxylic acids is 2. The molecule has 0 saturated carbocycles. The number of hydrogen-bond acceptors (Lipinski definition) is 4. The van der Waals surface area contributed by atoms with E-state index in [1.54, 1.807) is 24.3 Å². The van der Waals surface area contributed by atoms with Crippen molar-refractivity contribution in [2.45, 2.75) is 18.6 Å². The van der Waals surface area contributed by atoms with E-state index in [0.717, 1.165) is 4.90 Å². The van der Waals surface area contributed by atoms with Crippen molar-refractivity contribution in [1.29, 1.82) is 0 Å². The van der Waals surface area contributed by atoms with Crippen LogP contribution in [0.1, 0.15) is 34.1 Å². The number of nitrogens with two attached hydrogens (primary N) is 1. The molecule has 0 fully saturated rings. The molecule has 0 spiro atoms. The van der Waals surface area contributed by atoms with Crippen LogP contribution in [0.15, 0.2) is 24.3 Å². The van der Waals surface area contributed by atoms with Crippen LogP contribution in [0.25, 0.3) is 0 Å². The Bertz CT molecular complexity index is 604. The first-order valence-corrected chi connectivity index (χ1v) is 7.40. The lowest BCUT2D eigenvalue weighted by Crippen LogP contribution is -2.35. The van der Waals surface area contributed by atoms with Gasteiger partial charge in [0.2, 0.25) is 10.0 Å². The summed E-state index contributed by atoms with van der Waals surface area (Å²) in [6, 6.07) is 6.53. The standard InChI is InChI=1S/C12H14N2O4S/c1-8(19(13,17)18)6-7-14-11(15)9-4-2-3-5-10(9)12(14)16/h2-5,8H,6-7H2,1H3,(H2,13,17,18). The number of nitrogens with zero attached hydrogens (tertiary/aromatic N) is 1. The van der Waals surface area contributed by atoms with Crippen LogP contribution in [0.4, 0.5) is 0 Å². The summed E-state index contributed by atoms with van der Waals surface area (Å²) < 4.78 is 22.2. The Labute approximate surface area is 111 Å². The maximum Gasteiger partial charge on any atom is 0.261 e. The first kappa shape index (κ1) is 13.7. The SMILES string of the molecule is CC(CCN1C(=O)c2ccccc2C1=O)S(N)(=O)=O. The first-order valence-electron chi connectivity index (χ1n) is 5.79. The van der Waals surface area contributed by atoms with Gasteiger partial charge in [-0.05, 0) is 25.5 Å². The number of amides is 2. The fraction of sp³-hybridized carbons (Fsp3) is 0.333. The summed E-state index contributed by atoms with van der Waals surface area (Å²) in [6.45, 7) is 1.50. The Balaban J connectivity index is 2.13. The van der Waals surface area contributed by atoms with Crippen LogP contribution in [0.3, 0.4) is 0 Å². The summed E-state index contributed by atoms with van der Waals surface area (Å²) in [4.78, 5) is 25.0. The quantitative estimate of drug-likeness (QED) is 0.806. The number of fused-ring (bicyclic) bond motifs is 1. The second-order valence-electron chi connectivity index (χ2n) is 4.50. The summed E-state index contributed by atoms with van der Waals surface area (Å²) in [5, 5.41) is 4.21. The maximum atomic E-state index is 12.0. The van der Waals surface area contributed by atoms with Gasteiger partial charge in [0.05, 0.1) is 16.4 Å². The Hall–Kier alpha value is -1.73. The highest BCUT2D eigenvalue weighted by Gasteiger charge is 2.35. The zero-order chi connectivity index (χ0) is 14.2. The topological polar surface area (TPSA) is 97.5 Å². The van der Waals surface area contributed by atoms with Crippen molar-refractivity contribution in [3.05, 3.63) is 35.4 Å². The maximum absolute atomic E-state index is 12.0. The molecule has 1 unspecified atom stereocenters. The predicted octanol–water partition coefficient (Wildman–Crippen LogP) is 0.350. The van der Waals surface area contributed by atoms with Crippen molar-refractivity contribution in [3.8, 4) is 0 Å². The van der Waals surface area contributed by atoms with Gasteiger partial charge in [-0.25, -0.2) is 13.6 Å². The van der Waals surface area contributed by atoms with Crippen molar-refractivity contribution >= 4 is 21.8 Å². The fourth-order valence-electron chi connectivity index (χ4n) is 1.92. The van der Waals surface area contributed by atoms with Crippen molar-refractivity contribution < 1.29 is 18.0 Å². The average Bonchev–Trinajstić information content (AvgIpc) is 2.59. The normalized spacial score (nSPS) is 16.6. The van der Waals surface area contributed by atoms with Gasteiger partial charge in [-0.2, -0.15) is 0 Å². The molecule has 1 atom stereocenters. The van der Waals surface area contributed by atoms with Gasteiger partial charge in [0.15, 0.2) is 0 Å². The number of sulfonamides is 1. The average molecular weight is 282 g/mol. The molecule has 6 nitrogen and oxygen atoms in total. The van der Waals surface area contributed by atoms with Gasteiger partial charge in [-0.15, -0.1) is 0 Å². The van der Waals surface area contributed by atoms with Crippen LogP contribution in [-0.4, -0.2) is 36.9 Å². The van der Waals surface area contributed by atoms with Crippen LogP contribution < -0.4 is 5.14 Å². The van der Waals surface area contributed by atoms with E-state index in [2.05, 4.69) is 0 Å². The van der Waals surface area contributed by atoms with Gasteiger partial charge in [-0.3, -0.25) is 14.5 Å². The zero-order valence-corrected chi connectivity index (χ0v) is 11.2. The van der Waals surface area contributed by atoms with E-state index < -0.39 is 15.3 Å². The largest absolute Gasteiger partial charge is 0.274 e. The second kappa shape index (κ2) is 4.75. The van der Waals surface area contributed by atoms with E-state index in [1.807, 2.05) is 0 Å². The minimum Gasteiger partial charge on any atom is -0.274 e. The summed E-state index contributed by atoms with van der Waals surface area (Å²) >= 11 is 0. The van der Waals surface area contributed by atoms with E-state index in [-0.39, 0.29) is 24.8 Å². The minimum atomic E-state index is -3.65. The Morgan fingerprint density at radius 1 is 1.16 bits per heavy atom. The molecule has 1 heterocycles. The van der Waals surface area contributed by atoms with Crippen LogP contribution in [0.2, 0.25) is 0 Å². The number of primary sulfonamides is 1. The summed E-state index contributed by atoms with van der Waals surface area (Å²) in [5.41, 5.74) is 0.714. The third-order valence-corrected chi connectivity index (χ3v) is 4.56. The summed E-state index contributed by atoms with van der Waals surface area (Å²) in [5.74, 6) is -0.774. The van der Waals surface area contributed by atoms with Crippen LogP contribution in [-0.2, 0) is 10.0 Å². The monoisotopic (exact) mass is 282 g/mol. The number of carbonyl (C=O) groups is 2. The summed E-state index contributed by atoms with van der Waals surface area (Å²) in [6.07, 6.45) is 0.129. The third-order valence-electron chi connectivity index (χ3n) is 3.20. The van der Waals surface area contributed by atoms with Crippen molar-refractivity contribution in [1.82, 2.24) is 4.90 Å². The molecule has 0 bridgehead atoms. The van der Waals surface area contributed by atoms with Gasteiger partial charge in [0, 0.05) is 6.54 Å². The minimum absolute atomic E-state index is 0.0456. The molecule has 102 valence electrons. The molecular formula is C12H14N2O4S. The highest BCUT2D eigenvalue weighted by atomic mass is 32.2. The Morgan fingerprint density at radius 2 is 1.63 bits per heavy atom. The fourth-order valence-corrected chi connectivity index (χ4v) is 2.35. The van der Waals surface area contributed by atoms with Gasteiger partial charge >= 0.3 is 0 Å². The molecule has 1 aliphatic rings. The van der Waals surface area contributed by atoms with Gasteiger partial charge < -0.3 is 0 Å². The molecule has 1 aliphatic heterocycles. The van der Waals surface area contributed by atoms with Crippen LogP contribution in [0.5, 0.6) is 0 Å². The molecule has 0 saturated heterocycles. The lowest BCUT2D eigenvalue weighted by Gasteiger charge is -2.16. The lowest BCUT2D eigenvalue weighted by molar-refractivity contribution is 0.0652. The van der Waals surface area contributed by atoms with E-state index in [4.69, 9.17) is 5.14 Å².